The highest BCUT2D eigenvalue weighted by molar-refractivity contribution is 6.34. The summed E-state index contributed by atoms with van der Waals surface area (Å²) in [6, 6.07) is 6.05. The van der Waals surface area contributed by atoms with Crippen LogP contribution in [0.5, 0.6) is 0 Å². The van der Waals surface area contributed by atoms with E-state index in [-0.39, 0.29) is 5.91 Å². The van der Waals surface area contributed by atoms with E-state index < -0.39 is 0 Å². The highest BCUT2D eigenvalue weighted by Gasteiger charge is 2.34. The van der Waals surface area contributed by atoms with Crippen LogP contribution in [0.2, 0.25) is 5.02 Å². The fraction of sp³-hybridized carbons (Fsp3) is 0.562. The molecule has 0 spiro atoms. The molecule has 1 aromatic rings. The molecule has 20 heavy (non-hydrogen) atoms. The smallest absolute Gasteiger partial charge is 0.254 e. The Morgan fingerprint density at radius 2 is 2.10 bits per heavy atom. The molecule has 1 fully saturated rings. The van der Waals surface area contributed by atoms with Gasteiger partial charge in [0.15, 0.2) is 0 Å². The molecular weight excluding hydrogens is 272 g/mol. The van der Waals surface area contributed by atoms with E-state index >= 15 is 0 Å². The Morgan fingerprint density at radius 1 is 1.40 bits per heavy atom. The highest BCUT2D eigenvalue weighted by atomic mass is 35.5. The third-order valence-corrected chi connectivity index (χ3v) is 4.53. The van der Waals surface area contributed by atoms with E-state index in [0.717, 1.165) is 5.69 Å². The van der Waals surface area contributed by atoms with Gasteiger partial charge in [0.25, 0.3) is 5.91 Å². The van der Waals surface area contributed by atoms with Crippen molar-refractivity contribution in [1.82, 2.24) is 4.90 Å². The molecule has 1 atom stereocenters. The Balaban J connectivity index is 2.22. The third kappa shape index (κ3) is 3.09. The van der Waals surface area contributed by atoms with E-state index in [9.17, 15) is 4.79 Å². The van der Waals surface area contributed by atoms with Gasteiger partial charge in [-0.1, -0.05) is 31.9 Å². The standard InChI is InChI=1S/C16H23ClN2O/c1-16(2)9-5-6-14(16)18-11-7-8-13(17)12(10-11)15(20)19(3)4/h7-8,10,14,18H,5-6,9H2,1-4H3. The maximum absolute atomic E-state index is 12.1. The maximum atomic E-state index is 12.1. The molecule has 1 amide bonds. The summed E-state index contributed by atoms with van der Waals surface area (Å²) >= 11 is 6.13. The van der Waals surface area contributed by atoms with Gasteiger partial charge in [-0.15, -0.1) is 0 Å². The van der Waals surface area contributed by atoms with Crippen LogP contribution in [-0.4, -0.2) is 30.9 Å². The van der Waals surface area contributed by atoms with Crippen LogP contribution in [-0.2, 0) is 0 Å². The van der Waals surface area contributed by atoms with Gasteiger partial charge in [-0.05, 0) is 36.5 Å². The lowest BCUT2D eigenvalue weighted by molar-refractivity contribution is 0.0828. The first-order chi connectivity index (χ1) is 9.31. The second-order valence-corrected chi connectivity index (χ2v) is 6.88. The van der Waals surface area contributed by atoms with Crippen molar-refractivity contribution < 1.29 is 4.79 Å². The van der Waals surface area contributed by atoms with Crippen LogP contribution in [0, 0.1) is 5.41 Å². The van der Waals surface area contributed by atoms with Crippen molar-refractivity contribution in [2.24, 2.45) is 5.41 Å². The van der Waals surface area contributed by atoms with Crippen molar-refractivity contribution in [3.63, 3.8) is 0 Å². The minimum atomic E-state index is -0.0654. The molecule has 1 aliphatic rings. The van der Waals surface area contributed by atoms with E-state index in [2.05, 4.69) is 19.2 Å². The van der Waals surface area contributed by atoms with Gasteiger partial charge in [0, 0.05) is 25.8 Å². The molecule has 1 aliphatic carbocycles. The Kier molecular flexibility index (Phi) is 4.28. The molecule has 2 rings (SSSR count). The van der Waals surface area contributed by atoms with Crippen LogP contribution >= 0.6 is 11.6 Å². The molecule has 1 N–H and O–H groups in total. The van der Waals surface area contributed by atoms with Gasteiger partial charge >= 0.3 is 0 Å². The zero-order chi connectivity index (χ0) is 14.9. The van der Waals surface area contributed by atoms with Crippen LogP contribution in [0.3, 0.4) is 0 Å². The van der Waals surface area contributed by atoms with Gasteiger partial charge in [0.2, 0.25) is 0 Å². The molecule has 3 nitrogen and oxygen atoms in total. The molecule has 4 heteroatoms. The summed E-state index contributed by atoms with van der Waals surface area (Å²) < 4.78 is 0. The van der Waals surface area contributed by atoms with Crippen molar-refractivity contribution in [2.75, 3.05) is 19.4 Å². The number of hydrogen-bond donors (Lipinski definition) is 1. The second-order valence-electron chi connectivity index (χ2n) is 6.47. The number of nitrogens with zero attached hydrogens (tertiary/aromatic N) is 1. The van der Waals surface area contributed by atoms with Crippen molar-refractivity contribution in [2.45, 2.75) is 39.2 Å². The number of carbonyl (C=O) groups is 1. The molecule has 0 heterocycles. The Morgan fingerprint density at radius 3 is 2.65 bits per heavy atom. The van der Waals surface area contributed by atoms with Crippen molar-refractivity contribution in [1.29, 1.82) is 0 Å². The Labute approximate surface area is 126 Å². The largest absolute Gasteiger partial charge is 0.382 e. The molecule has 0 saturated heterocycles. The number of rotatable bonds is 3. The number of carbonyl (C=O) groups excluding carboxylic acids is 1. The molecule has 110 valence electrons. The summed E-state index contributed by atoms with van der Waals surface area (Å²) in [7, 11) is 3.47. The number of benzene rings is 1. The quantitative estimate of drug-likeness (QED) is 0.913. The topological polar surface area (TPSA) is 32.3 Å². The van der Waals surface area contributed by atoms with Crippen LogP contribution in [0.4, 0.5) is 5.69 Å². The monoisotopic (exact) mass is 294 g/mol. The highest BCUT2D eigenvalue weighted by Crippen LogP contribution is 2.39. The molecule has 0 bridgehead atoms. The number of nitrogens with one attached hydrogen (secondary N) is 1. The molecule has 0 aromatic heterocycles. The van der Waals surface area contributed by atoms with Gasteiger partial charge in [0.05, 0.1) is 10.6 Å². The molecule has 1 saturated carbocycles. The number of hydrogen-bond acceptors (Lipinski definition) is 2. The van der Waals surface area contributed by atoms with Gasteiger partial charge in [-0.25, -0.2) is 0 Å². The van der Waals surface area contributed by atoms with Crippen LogP contribution < -0.4 is 5.32 Å². The van der Waals surface area contributed by atoms with E-state index in [1.54, 1.807) is 25.1 Å². The van der Waals surface area contributed by atoms with Crippen LogP contribution in [0.1, 0.15) is 43.5 Å². The predicted octanol–water partition coefficient (Wildman–Crippen LogP) is 4.03. The minimum absolute atomic E-state index is 0.0654. The summed E-state index contributed by atoms with van der Waals surface area (Å²) in [5, 5.41) is 4.06. The average Bonchev–Trinajstić information content (AvgIpc) is 2.70. The van der Waals surface area contributed by atoms with E-state index in [0.29, 0.717) is 22.0 Å². The van der Waals surface area contributed by atoms with Gasteiger partial charge in [-0.2, -0.15) is 0 Å². The second kappa shape index (κ2) is 5.65. The minimum Gasteiger partial charge on any atom is -0.382 e. The fourth-order valence-corrected chi connectivity index (χ4v) is 3.01. The molecule has 0 aliphatic heterocycles. The number of amides is 1. The lowest BCUT2D eigenvalue weighted by Gasteiger charge is -2.29. The fourth-order valence-electron chi connectivity index (χ4n) is 2.82. The van der Waals surface area contributed by atoms with E-state index in [1.165, 1.54) is 19.3 Å². The van der Waals surface area contributed by atoms with Gasteiger partial charge < -0.3 is 10.2 Å². The zero-order valence-electron chi connectivity index (χ0n) is 12.7. The summed E-state index contributed by atoms with van der Waals surface area (Å²) in [6.07, 6.45) is 3.66. The maximum Gasteiger partial charge on any atom is 0.254 e. The SMILES string of the molecule is CN(C)C(=O)c1cc(NC2CCCC2(C)C)ccc1Cl. The summed E-state index contributed by atoms with van der Waals surface area (Å²) in [5.74, 6) is -0.0654. The first kappa shape index (κ1) is 15.2. The van der Waals surface area contributed by atoms with E-state index in [1.807, 2.05) is 12.1 Å². The van der Waals surface area contributed by atoms with Crippen LogP contribution in [0.15, 0.2) is 18.2 Å². The van der Waals surface area contributed by atoms with Crippen LogP contribution in [0.25, 0.3) is 0 Å². The summed E-state index contributed by atoms with van der Waals surface area (Å²) in [5.41, 5.74) is 1.82. The normalized spacial score (nSPS) is 20.8. The van der Waals surface area contributed by atoms with Gasteiger partial charge in [0.1, 0.15) is 0 Å². The average molecular weight is 295 g/mol. The van der Waals surface area contributed by atoms with Crippen molar-refractivity contribution in [3.8, 4) is 0 Å². The number of anilines is 1. The third-order valence-electron chi connectivity index (χ3n) is 4.20. The lowest BCUT2D eigenvalue weighted by Crippen LogP contribution is -2.31. The molecule has 0 radical (unpaired) electrons. The van der Waals surface area contributed by atoms with E-state index in [4.69, 9.17) is 11.6 Å². The van der Waals surface area contributed by atoms with Crippen molar-refractivity contribution >= 4 is 23.2 Å². The first-order valence-corrected chi connectivity index (χ1v) is 7.47. The molecule has 1 unspecified atom stereocenters. The summed E-state index contributed by atoms with van der Waals surface area (Å²) in [6.45, 7) is 4.58. The lowest BCUT2D eigenvalue weighted by atomic mass is 9.87. The Hall–Kier alpha value is -1.22. The predicted molar refractivity (Wildman–Crippen MR) is 84.5 cm³/mol. The Bertz CT molecular complexity index is 511. The molecular formula is C16H23ClN2O. The zero-order valence-corrected chi connectivity index (χ0v) is 13.4. The summed E-state index contributed by atoms with van der Waals surface area (Å²) in [4.78, 5) is 13.6. The molecule has 1 aromatic carbocycles. The number of halogens is 1. The first-order valence-electron chi connectivity index (χ1n) is 7.09. The van der Waals surface area contributed by atoms with Gasteiger partial charge in [-0.3, -0.25) is 4.79 Å². The van der Waals surface area contributed by atoms with Crippen molar-refractivity contribution in [3.05, 3.63) is 28.8 Å².